The number of nitrogens with zero attached hydrogens (tertiary/aromatic N) is 3. The second kappa shape index (κ2) is 9.46. The van der Waals surface area contributed by atoms with E-state index in [1.807, 2.05) is 20.8 Å². The summed E-state index contributed by atoms with van der Waals surface area (Å²) in [6.07, 6.45) is 2.29. The zero-order valence-electron chi connectivity index (χ0n) is 15.3. The van der Waals surface area contributed by atoms with Gasteiger partial charge in [-0.3, -0.25) is 20.2 Å². The summed E-state index contributed by atoms with van der Waals surface area (Å²) in [5.74, 6) is -0.204. The van der Waals surface area contributed by atoms with Crippen LogP contribution in [0.5, 0.6) is 0 Å². The molecule has 0 fully saturated rings. The Morgan fingerprint density at radius 3 is 1.73 bits per heavy atom. The predicted molar refractivity (Wildman–Crippen MR) is 99.5 cm³/mol. The molecule has 0 aliphatic rings. The Balaban J connectivity index is 3.70. The fourth-order valence-electron chi connectivity index (χ4n) is 2.69. The van der Waals surface area contributed by atoms with Crippen LogP contribution in [-0.2, 0) is 9.84 Å². The Kier molecular flexibility index (Phi) is 7.94. The van der Waals surface area contributed by atoms with Gasteiger partial charge in [-0.1, -0.05) is 27.2 Å². The number of sulfone groups is 1. The molecule has 0 heterocycles. The van der Waals surface area contributed by atoms with Crippen LogP contribution in [0.4, 0.5) is 17.1 Å². The van der Waals surface area contributed by atoms with Gasteiger partial charge >= 0.3 is 11.4 Å². The van der Waals surface area contributed by atoms with Crippen molar-refractivity contribution in [3.05, 3.63) is 32.4 Å². The molecule has 0 amide bonds. The van der Waals surface area contributed by atoms with Crippen LogP contribution in [0.2, 0.25) is 0 Å². The van der Waals surface area contributed by atoms with Gasteiger partial charge in [0.05, 0.1) is 20.5 Å². The van der Waals surface area contributed by atoms with Crippen LogP contribution < -0.4 is 4.90 Å². The van der Waals surface area contributed by atoms with Gasteiger partial charge in [0.1, 0.15) is 0 Å². The molecular weight excluding hydrogens is 362 g/mol. The van der Waals surface area contributed by atoms with Gasteiger partial charge in [-0.05, 0) is 19.3 Å². The van der Waals surface area contributed by atoms with Crippen molar-refractivity contribution >= 4 is 26.9 Å². The van der Waals surface area contributed by atoms with E-state index in [2.05, 4.69) is 0 Å². The molecule has 0 saturated carbocycles. The van der Waals surface area contributed by atoms with Crippen molar-refractivity contribution in [2.75, 3.05) is 23.7 Å². The Hall–Kier alpha value is -2.23. The van der Waals surface area contributed by atoms with E-state index in [1.165, 1.54) is 0 Å². The summed E-state index contributed by atoms with van der Waals surface area (Å²) < 4.78 is 24.8. The average molecular weight is 387 g/mol. The standard InChI is InChI=1S/C16H25N3O6S/c1-4-7-10-26(24,25)13-11-14(18(20)21)16(15(12-13)19(22)23)17(8-5-2)9-6-3/h11-12H,4-10H2,1-3H3. The molecule has 1 aromatic rings. The number of hydrogen-bond donors (Lipinski definition) is 0. The molecule has 0 saturated heterocycles. The highest BCUT2D eigenvalue weighted by Crippen LogP contribution is 2.40. The first kappa shape index (κ1) is 21.8. The summed E-state index contributed by atoms with van der Waals surface area (Å²) in [6.45, 7) is 6.35. The zero-order valence-corrected chi connectivity index (χ0v) is 16.1. The van der Waals surface area contributed by atoms with Crippen molar-refractivity contribution in [2.24, 2.45) is 0 Å². The highest BCUT2D eigenvalue weighted by atomic mass is 32.2. The first-order valence-electron chi connectivity index (χ1n) is 8.64. The second-order valence-electron chi connectivity index (χ2n) is 5.98. The van der Waals surface area contributed by atoms with Crippen molar-refractivity contribution in [3.8, 4) is 0 Å². The molecule has 0 aromatic heterocycles. The van der Waals surface area contributed by atoms with E-state index in [1.54, 1.807) is 4.90 Å². The molecule has 0 unspecified atom stereocenters. The number of unbranched alkanes of at least 4 members (excludes halogenated alkanes) is 1. The largest absolute Gasteiger partial charge is 0.360 e. The van der Waals surface area contributed by atoms with Gasteiger partial charge in [-0.15, -0.1) is 0 Å². The van der Waals surface area contributed by atoms with Gasteiger partial charge in [0.2, 0.25) is 0 Å². The molecular formula is C16H25N3O6S. The van der Waals surface area contributed by atoms with Crippen LogP contribution in [0.15, 0.2) is 17.0 Å². The third-order valence-electron chi connectivity index (χ3n) is 3.87. The van der Waals surface area contributed by atoms with Crippen molar-refractivity contribution < 1.29 is 18.3 Å². The van der Waals surface area contributed by atoms with Crippen molar-refractivity contribution in [1.82, 2.24) is 0 Å². The quantitative estimate of drug-likeness (QED) is 0.419. The Labute approximate surface area is 153 Å². The van der Waals surface area contributed by atoms with Crippen LogP contribution in [0.25, 0.3) is 0 Å². The molecule has 9 nitrogen and oxygen atoms in total. The molecule has 0 atom stereocenters. The minimum absolute atomic E-state index is 0.127. The number of rotatable bonds is 11. The van der Waals surface area contributed by atoms with Crippen LogP contribution in [0, 0.1) is 20.2 Å². The normalized spacial score (nSPS) is 11.3. The van der Waals surface area contributed by atoms with Crippen molar-refractivity contribution in [2.45, 2.75) is 51.3 Å². The Bertz CT molecular complexity index is 722. The number of nitro groups is 2. The lowest BCUT2D eigenvalue weighted by molar-refractivity contribution is -0.393. The topological polar surface area (TPSA) is 124 Å². The summed E-state index contributed by atoms with van der Waals surface area (Å²) in [5, 5.41) is 23.1. The summed E-state index contributed by atoms with van der Waals surface area (Å²) in [5.41, 5.74) is -1.22. The van der Waals surface area contributed by atoms with Crippen molar-refractivity contribution in [3.63, 3.8) is 0 Å². The van der Waals surface area contributed by atoms with E-state index >= 15 is 0 Å². The van der Waals surface area contributed by atoms with Gasteiger partial charge in [-0.2, -0.15) is 0 Å². The molecule has 0 aliphatic heterocycles. The van der Waals surface area contributed by atoms with Gasteiger partial charge in [0.15, 0.2) is 15.5 Å². The molecule has 0 aliphatic carbocycles. The molecule has 10 heteroatoms. The highest BCUT2D eigenvalue weighted by Gasteiger charge is 2.33. The Morgan fingerprint density at radius 2 is 1.38 bits per heavy atom. The third-order valence-corrected chi connectivity index (χ3v) is 5.65. The lowest BCUT2D eigenvalue weighted by atomic mass is 10.2. The van der Waals surface area contributed by atoms with Crippen LogP contribution in [0.1, 0.15) is 46.5 Å². The highest BCUT2D eigenvalue weighted by molar-refractivity contribution is 7.91. The molecule has 0 radical (unpaired) electrons. The summed E-state index contributed by atoms with van der Waals surface area (Å²) >= 11 is 0. The average Bonchev–Trinajstić information content (AvgIpc) is 2.58. The maximum Gasteiger partial charge on any atom is 0.300 e. The summed E-state index contributed by atoms with van der Waals surface area (Å²) in [6, 6.07) is 1.90. The van der Waals surface area contributed by atoms with E-state index in [9.17, 15) is 28.6 Å². The minimum atomic E-state index is -3.83. The molecule has 0 N–H and O–H groups in total. The van der Waals surface area contributed by atoms with Crippen molar-refractivity contribution in [1.29, 1.82) is 0 Å². The fraction of sp³-hybridized carbons (Fsp3) is 0.625. The lowest BCUT2D eigenvalue weighted by Crippen LogP contribution is -2.27. The van der Waals surface area contributed by atoms with E-state index in [0.29, 0.717) is 38.8 Å². The molecule has 1 aromatic carbocycles. The molecule has 0 spiro atoms. The minimum Gasteiger partial charge on any atom is -0.360 e. The van der Waals surface area contributed by atoms with Crippen LogP contribution in [0.3, 0.4) is 0 Å². The summed E-state index contributed by atoms with van der Waals surface area (Å²) in [4.78, 5) is 22.8. The molecule has 146 valence electrons. The maximum atomic E-state index is 12.4. The van der Waals surface area contributed by atoms with E-state index in [0.717, 1.165) is 12.1 Å². The zero-order chi connectivity index (χ0) is 19.9. The van der Waals surface area contributed by atoms with Gasteiger partial charge in [-0.25, -0.2) is 8.42 Å². The number of hydrogen-bond acceptors (Lipinski definition) is 7. The SMILES string of the molecule is CCCCS(=O)(=O)c1cc([N+](=O)[O-])c(N(CCC)CCC)c([N+](=O)[O-])c1. The van der Waals surface area contributed by atoms with Gasteiger partial charge in [0.25, 0.3) is 0 Å². The first-order valence-corrected chi connectivity index (χ1v) is 10.3. The lowest BCUT2D eigenvalue weighted by Gasteiger charge is -2.23. The molecule has 0 bridgehead atoms. The predicted octanol–water partition coefficient (Wildman–Crippen LogP) is 3.70. The molecule has 1 rings (SSSR count). The number of nitro benzene ring substituents is 2. The number of benzene rings is 1. The monoisotopic (exact) mass is 387 g/mol. The van der Waals surface area contributed by atoms with E-state index in [-0.39, 0.29) is 16.3 Å². The second-order valence-corrected chi connectivity index (χ2v) is 8.09. The maximum absolute atomic E-state index is 12.4. The first-order chi connectivity index (χ1) is 12.2. The van der Waals surface area contributed by atoms with Gasteiger partial charge < -0.3 is 4.90 Å². The van der Waals surface area contributed by atoms with Crippen LogP contribution in [-0.4, -0.2) is 37.1 Å². The van der Waals surface area contributed by atoms with Crippen LogP contribution >= 0.6 is 0 Å². The number of anilines is 1. The van der Waals surface area contributed by atoms with E-state index < -0.39 is 31.1 Å². The molecule has 26 heavy (non-hydrogen) atoms. The van der Waals surface area contributed by atoms with E-state index in [4.69, 9.17) is 0 Å². The fourth-order valence-corrected chi connectivity index (χ4v) is 4.18. The van der Waals surface area contributed by atoms with Gasteiger partial charge in [0, 0.05) is 25.2 Å². The summed E-state index contributed by atoms with van der Waals surface area (Å²) in [7, 11) is -3.83. The third kappa shape index (κ3) is 5.13. The Morgan fingerprint density at radius 1 is 0.923 bits per heavy atom. The smallest absolute Gasteiger partial charge is 0.300 e.